The van der Waals surface area contributed by atoms with Gasteiger partial charge in [0.15, 0.2) is 0 Å². The van der Waals surface area contributed by atoms with Gasteiger partial charge in [0.1, 0.15) is 5.69 Å². The van der Waals surface area contributed by atoms with E-state index in [9.17, 15) is 4.79 Å². The fourth-order valence-electron chi connectivity index (χ4n) is 2.06. The predicted octanol–water partition coefficient (Wildman–Crippen LogP) is 4.91. The van der Waals surface area contributed by atoms with E-state index in [4.69, 9.17) is 23.2 Å². The number of carbonyl (C=O) groups excluding carboxylic acids is 1. The summed E-state index contributed by atoms with van der Waals surface area (Å²) in [7, 11) is 0. The Morgan fingerprint density at radius 2 is 1.84 bits per heavy atom. The highest BCUT2D eigenvalue weighted by molar-refractivity contribution is 9.10. The third-order valence-corrected chi connectivity index (χ3v) is 4.51. The Morgan fingerprint density at radius 3 is 2.52 bits per heavy atom. The second-order valence-electron chi connectivity index (χ2n) is 5.01. The van der Waals surface area contributed by atoms with Crippen molar-refractivity contribution in [3.63, 3.8) is 0 Å². The molecule has 0 spiro atoms. The third-order valence-electron chi connectivity index (χ3n) is 3.32. The molecule has 0 aliphatic rings. The maximum atomic E-state index is 12.1. The highest BCUT2D eigenvalue weighted by Gasteiger charge is 2.10. The monoisotopic (exact) mass is 436 g/mol. The Kier molecular flexibility index (Phi) is 5.53. The molecule has 3 aromatic rings. The second kappa shape index (κ2) is 7.82. The Labute approximate surface area is 162 Å². The molecule has 0 aliphatic heterocycles. The summed E-state index contributed by atoms with van der Waals surface area (Å²) in [6, 6.07) is 14.4. The standard InChI is InChI=1S/C17H11BrCl2N4O/c18-11-6-4-10(5-7-11)15-8-16(23-22-15)17(25)24-21-9-12-13(19)2-1-3-14(12)20/h1-9H,(H,22,23)(H,24,25)/b21-9+. The SMILES string of the molecule is O=C(N/N=C/c1c(Cl)cccc1Cl)c1cc(-c2ccc(Br)cc2)n[nH]1. The van der Waals surface area contributed by atoms with Gasteiger partial charge in [-0.2, -0.15) is 10.2 Å². The van der Waals surface area contributed by atoms with Gasteiger partial charge in [0.05, 0.1) is 22.0 Å². The van der Waals surface area contributed by atoms with Crippen LogP contribution >= 0.6 is 39.1 Å². The molecule has 0 fully saturated rings. The van der Waals surface area contributed by atoms with Crippen molar-refractivity contribution >= 4 is 51.3 Å². The van der Waals surface area contributed by atoms with Crippen LogP contribution in [0.4, 0.5) is 0 Å². The highest BCUT2D eigenvalue weighted by Crippen LogP contribution is 2.22. The van der Waals surface area contributed by atoms with Crippen molar-refractivity contribution in [3.05, 3.63) is 74.3 Å². The number of carbonyl (C=O) groups is 1. The van der Waals surface area contributed by atoms with Crippen LogP contribution in [0.5, 0.6) is 0 Å². The quantitative estimate of drug-likeness (QED) is 0.449. The molecule has 1 amide bonds. The van der Waals surface area contributed by atoms with Crippen molar-refractivity contribution in [2.24, 2.45) is 5.10 Å². The van der Waals surface area contributed by atoms with E-state index in [1.54, 1.807) is 24.3 Å². The number of aromatic amines is 1. The minimum Gasteiger partial charge on any atom is -0.272 e. The number of benzene rings is 2. The zero-order valence-corrected chi connectivity index (χ0v) is 15.7. The van der Waals surface area contributed by atoms with Gasteiger partial charge in [-0.05, 0) is 30.3 Å². The number of hydrogen-bond donors (Lipinski definition) is 2. The molecular weight excluding hydrogens is 427 g/mol. The van der Waals surface area contributed by atoms with Gasteiger partial charge >= 0.3 is 0 Å². The van der Waals surface area contributed by atoms with E-state index in [1.807, 2.05) is 24.3 Å². The number of hydrogen-bond acceptors (Lipinski definition) is 3. The number of hydrazone groups is 1. The lowest BCUT2D eigenvalue weighted by atomic mass is 10.1. The molecule has 2 N–H and O–H groups in total. The van der Waals surface area contributed by atoms with Gasteiger partial charge in [0.25, 0.3) is 5.91 Å². The molecule has 0 unspecified atom stereocenters. The minimum atomic E-state index is -0.421. The van der Waals surface area contributed by atoms with Crippen molar-refractivity contribution in [2.75, 3.05) is 0 Å². The maximum Gasteiger partial charge on any atom is 0.289 e. The summed E-state index contributed by atoms with van der Waals surface area (Å²) in [5.41, 5.74) is 4.79. The smallest absolute Gasteiger partial charge is 0.272 e. The van der Waals surface area contributed by atoms with Gasteiger partial charge < -0.3 is 0 Å². The van der Waals surface area contributed by atoms with Gasteiger partial charge in [-0.25, -0.2) is 5.43 Å². The Bertz CT molecular complexity index is 918. The number of rotatable bonds is 4. The Balaban J connectivity index is 1.70. The topological polar surface area (TPSA) is 70.1 Å². The predicted molar refractivity (Wildman–Crippen MR) is 103 cm³/mol. The zero-order valence-electron chi connectivity index (χ0n) is 12.6. The molecule has 0 atom stereocenters. The van der Waals surface area contributed by atoms with E-state index in [0.717, 1.165) is 10.0 Å². The first-order valence-electron chi connectivity index (χ1n) is 7.13. The molecule has 0 aliphatic carbocycles. The van der Waals surface area contributed by atoms with Crippen LogP contribution < -0.4 is 5.43 Å². The van der Waals surface area contributed by atoms with Crippen LogP contribution in [0.3, 0.4) is 0 Å². The Hall–Kier alpha value is -2.15. The van der Waals surface area contributed by atoms with E-state index in [-0.39, 0.29) is 0 Å². The summed E-state index contributed by atoms with van der Waals surface area (Å²) in [6.45, 7) is 0. The molecule has 126 valence electrons. The van der Waals surface area contributed by atoms with Crippen LogP contribution in [0.1, 0.15) is 16.1 Å². The van der Waals surface area contributed by atoms with Crippen molar-refractivity contribution in [1.82, 2.24) is 15.6 Å². The number of amides is 1. The van der Waals surface area contributed by atoms with Crippen LogP contribution in [0.25, 0.3) is 11.3 Å². The lowest BCUT2D eigenvalue weighted by molar-refractivity contribution is 0.0950. The maximum absolute atomic E-state index is 12.1. The summed E-state index contributed by atoms with van der Waals surface area (Å²) in [4.78, 5) is 12.1. The van der Waals surface area contributed by atoms with Crippen molar-refractivity contribution < 1.29 is 4.79 Å². The summed E-state index contributed by atoms with van der Waals surface area (Å²) in [6.07, 6.45) is 1.40. The van der Waals surface area contributed by atoms with Gasteiger partial charge in [-0.1, -0.05) is 57.3 Å². The second-order valence-corrected chi connectivity index (χ2v) is 6.74. The zero-order chi connectivity index (χ0) is 17.8. The molecule has 2 aromatic carbocycles. The highest BCUT2D eigenvalue weighted by atomic mass is 79.9. The molecule has 3 rings (SSSR count). The molecule has 0 bridgehead atoms. The third kappa shape index (κ3) is 4.28. The number of H-pyrrole nitrogens is 1. The average molecular weight is 438 g/mol. The first-order chi connectivity index (χ1) is 12.0. The van der Waals surface area contributed by atoms with Gasteiger partial charge in [0.2, 0.25) is 0 Å². The first-order valence-corrected chi connectivity index (χ1v) is 8.68. The Morgan fingerprint density at radius 1 is 1.16 bits per heavy atom. The van der Waals surface area contributed by atoms with Gasteiger partial charge in [0, 0.05) is 15.6 Å². The van der Waals surface area contributed by atoms with Crippen LogP contribution in [-0.2, 0) is 0 Å². The van der Waals surface area contributed by atoms with E-state index in [1.165, 1.54) is 6.21 Å². The number of aromatic nitrogens is 2. The molecule has 5 nitrogen and oxygen atoms in total. The molecular formula is C17H11BrCl2N4O. The number of nitrogens with one attached hydrogen (secondary N) is 2. The van der Waals surface area contributed by atoms with Crippen LogP contribution in [-0.4, -0.2) is 22.3 Å². The summed E-state index contributed by atoms with van der Waals surface area (Å²) >= 11 is 15.4. The molecule has 8 heteroatoms. The van der Waals surface area contributed by atoms with Crippen LogP contribution in [0, 0.1) is 0 Å². The van der Waals surface area contributed by atoms with E-state index in [2.05, 4.69) is 36.7 Å². The summed E-state index contributed by atoms with van der Waals surface area (Å²) < 4.78 is 0.970. The van der Waals surface area contributed by atoms with E-state index in [0.29, 0.717) is 27.0 Å². The fraction of sp³-hybridized carbons (Fsp3) is 0. The average Bonchev–Trinajstić information content (AvgIpc) is 3.08. The van der Waals surface area contributed by atoms with E-state index >= 15 is 0 Å². The fourth-order valence-corrected chi connectivity index (χ4v) is 2.82. The molecule has 0 saturated heterocycles. The lowest BCUT2D eigenvalue weighted by Crippen LogP contribution is -2.18. The van der Waals surface area contributed by atoms with Crippen LogP contribution in [0.15, 0.2) is 58.1 Å². The van der Waals surface area contributed by atoms with Crippen LogP contribution in [0.2, 0.25) is 10.0 Å². The van der Waals surface area contributed by atoms with Gasteiger partial charge in [-0.15, -0.1) is 0 Å². The summed E-state index contributed by atoms with van der Waals surface area (Å²) in [5, 5.41) is 11.6. The molecule has 0 saturated carbocycles. The van der Waals surface area contributed by atoms with Crippen molar-refractivity contribution in [2.45, 2.75) is 0 Å². The van der Waals surface area contributed by atoms with Crippen molar-refractivity contribution in [1.29, 1.82) is 0 Å². The van der Waals surface area contributed by atoms with Gasteiger partial charge in [-0.3, -0.25) is 9.89 Å². The molecule has 25 heavy (non-hydrogen) atoms. The molecule has 1 aromatic heterocycles. The lowest BCUT2D eigenvalue weighted by Gasteiger charge is -2.00. The normalized spacial score (nSPS) is 11.0. The summed E-state index contributed by atoms with van der Waals surface area (Å²) in [5.74, 6) is -0.421. The largest absolute Gasteiger partial charge is 0.289 e. The molecule has 0 radical (unpaired) electrons. The number of halogens is 3. The van der Waals surface area contributed by atoms with E-state index < -0.39 is 5.91 Å². The minimum absolute atomic E-state index is 0.292. The van der Waals surface area contributed by atoms with Crippen molar-refractivity contribution in [3.8, 4) is 11.3 Å². The first kappa shape index (κ1) is 17.7. The molecule has 1 heterocycles. The number of nitrogens with zero attached hydrogens (tertiary/aromatic N) is 2.